The Morgan fingerprint density at radius 3 is 2.84 bits per heavy atom. The molecule has 19 heavy (non-hydrogen) atoms. The number of aliphatic carboxylic acids is 1. The fourth-order valence-corrected chi connectivity index (χ4v) is 2.44. The van der Waals surface area contributed by atoms with E-state index in [4.69, 9.17) is 9.84 Å². The number of hydrogen-bond donors (Lipinski definition) is 1. The molecule has 0 atom stereocenters. The Morgan fingerprint density at radius 2 is 2.05 bits per heavy atom. The normalized spacial score (nSPS) is 15.2. The highest BCUT2D eigenvalue weighted by Crippen LogP contribution is 2.18. The summed E-state index contributed by atoms with van der Waals surface area (Å²) in [6.45, 7) is 3.57. The summed E-state index contributed by atoms with van der Waals surface area (Å²) in [6.07, 6.45) is 3.11. The van der Waals surface area contributed by atoms with Gasteiger partial charge in [-0.3, -0.25) is 4.90 Å². The lowest BCUT2D eigenvalue weighted by Gasteiger charge is -2.28. The van der Waals surface area contributed by atoms with Gasteiger partial charge in [-0.05, 0) is 36.9 Å². The minimum Gasteiger partial charge on any atom is -0.480 e. The summed E-state index contributed by atoms with van der Waals surface area (Å²) in [6, 6.07) is 8.63. The highest BCUT2D eigenvalue weighted by atomic mass is 16.5. The van der Waals surface area contributed by atoms with E-state index in [9.17, 15) is 4.79 Å². The first kappa shape index (κ1) is 14.0. The standard InChI is InChI=1S/C15H21NO3/c17-15(18)12-19-10-4-3-8-16-9-7-13-5-1-2-6-14(13)11-16/h1-2,5-6H,3-4,7-12H2,(H,17,18). The van der Waals surface area contributed by atoms with E-state index in [0.29, 0.717) is 6.61 Å². The maximum absolute atomic E-state index is 10.3. The number of unbranched alkanes of at least 4 members (excludes halogenated alkanes) is 1. The molecule has 0 aliphatic carbocycles. The Bertz CT molecular complexity index is 420. The number of carbonyl (C=O) groups is 1. The molecule has 1 heterocycles. The molecule has 0 aromatic heterocycles. The Balaban J connectivity index is 1.62. The van der Waals surface area contributed by atoms with Crippen LogP contribution in [0.15, 0.2) is 24.3 Å². The van der Waals surface area contributed by atoms with Gasteiger partial charge in [0.1, 0.15) is 6.61 Å². The Labute approximate surface area is 114 Å². The van der Waals surface area contributed by atoms with Crippen molar-refractivity contribution in [3.8, 4) is 0 Å². The van der Waals surface area contributed by atoms with E-state index in [1.807, 2.05) is 0 Å². The van der Waals surface area contributed by atoms with Crippen LogP contribution in [0, 0.1) is 0 Å². The van der Waals surface area contributed by atoms with Crippen LogP contribution in [0.25, 0.3) is 0 Å². The molecular formula is C15H21NO3. The highest BCUT2D eigenvalue weighted by molar-refractivity contribution is 5.67. The zero-order valence-electron chi connectivity index (χ0n) is 11.2. The number of carboxylic acids is 1. The minimum absolute atomic E-state index is 0.183. The Morgan fingerprint density at radius 1 is 1.26 bits per heavy atom. The van der Waals surface area contributed by atoms with Gasteiger partial charge in [0.25, 0.3) is 0 Å². The fourth-order valence-electron chi connectivity index (χ4n) is 2.44. The van der Waals surface area contributed by atoms with Gasteiger partial charge in [-0.2, -0.15) is 0 Å². The predicted molar refractivity (Wildman–Crippen MR) is 73.1 cm³/mol. The zero-order chi connectivity index (χ0) is 13.5. The van der Waals surface area contributed by atoms with Gasteiger partial charge in [0.2, 0.25) is 0 Å². The Kier molecular flexibility index (Phi) is 5.36. The first-order chi connectivity index (χ1) is 9.25. The summed E-state index contributed by atoms with van der Waals surface area (Å²) in [5.74, 6) is -0.896. The summed E-state index contributed by atoms with van der Waals surface area (Å²) < 4.78 is 5.02. The number of fused-ring (bicyclic) bond motifs is 1. The van der Waals surface area contributed by atoms with Crippen molar-refractivity contribution in [1.82, 2.24) is 4.90 Å². The average Bonchev–Trinajstić information content (AvgIpc) is 2.42. The van der Waals surface area contributed by atoms with Crippen molar-refractivity contribution in [1.29, 1.82) is 0 Å². The van der Waals surface area contributed by atoms with Crippen molar-refractivity contribution in [2.24, 2.45) is 0 Å². The molecule has 1 N–H and O–H groups in total. The van der Waals surface area contributed by atoms with Gasteiger partial charge in [-0.15, -0.1) is 0 Å². The minimum atomic E-state index is -0.896. The molecule has 1 aliphatic rings. The monoisotopic (exact) mass is 263 g/mol. The van der Waals surface area contributed by atoms with Crippen LogP contribution in [0.5, 0.6) is 0 Å². The van der Waals surface area contributed by atoms with Gasteiger partial charge < -0.3 is 9.84 Å². The topological polar surface area (TPSA) is 49.8 Å². The SMILES string of the molecule is O=C(O)COCCCCN1CCc2ccccc2C1. The van der Waals surface area contributed by atoms with Gasteiger partial charge in [0.05, 0.1) is 0 Å². The molecule has 0 radical (unpaired) electrons. The van der Waals surface area contributed by atoms with Crippen LogP contribution >= 0.6 is 0 Å². The van der Waals surface area contributed by atoms with Crippen molar-refractivity contribution in [2.75, 3.05) is 26.3 Å². The van der Waals surface area contributed by atoms with E-state index in [1.54, 1.807) is 0 Å². The highest BCUT2D eigenvalue weighted by Gasteiger charge is 2.14. The molecule has 4 nitrogen and oxygen atoms in total. The smallest absolute Gasteiger partial charge is 0.329 e. The number of hydrogen-bond acceptors (Lipinski definition) is 3. The summed E-state index contributed by atoms with van der Waals surface area (Å²) in [5.41, 5.74) is 2.92. The molecule has 0 spiro atoms. The largest absolute Gasteiger partial charge is 0.480 e. The van der Waals surface area contributed by atoms with E-state index in [-0.39, 0.29) is 6.61 Å². The number of carboxylic acid groups (broad SMARTS) is 1. The Hall–Kier alpha value is -1.39. The number of rotatable bonds is 7. The third-order valence-electron chi connectivity index (χ3n) is 3.45. The number of nitrogens with zero attached hydrogens (tertiary/aromatic N) is 1. The summed E-state index contributed by atoms with van der Waals surface area (Å²) in [7, 11) is 0. The third-order valence-corrected chi connectivity index (χ3v) is 3.45. The second-order valence-electron chi connectivity index (χ2n) is 4.95. The van der Waals surface area contributed by atoms with Crippen molar-refractivity contribution in [3.05, 3.63) is 35.4 Å². The molecule has 1 aliphatic heterocycles. The van der Waals surface area contributed by atoms with E-state index >= 15 is 0 Å². The van der Waals surface area contributed by atoms with E-state index in [2.05, 4.69) is 29.2 Å². The molecule has 1 aromatic rings. The molecule has 4 heteroatoms. The molecule has 0 unspecified atom stereocenters. The lowest BCUT2D eigenvalue weighted by molar-refractivity contribution is -0.142. The van der Waals surface area contributed by atoms with Gasteiger partial charge in [0.15, 0.2) is 0 Å². The van der Waals surface area contributed by atoms with Crippen LogP contribution in [0.1, 0.15) is 24.0 Å². The maximum Gasteiger partial charge on any atom is 0.329 e. The fraction of sp³-hybridized carbons (Fsp3) is 0.533. The van der Waals surface area contributed by atoms with Crippen LogP contribution in [0.4, 0.5) is 0 Å². The molecule has 1 aromatic carbocycles. The summed E-state index contributed by atoms with van der Waals surface area (Å²) in [4.78, 5) is 12.7. The quantitative estimate of drug-likeness (QED) is 0.764. The predicted octanol–water partition coefficient (Wildman–Crippen LogP) is 1.93. The van der Waals surface area contributed by atoms with E-state index in [1.165, 1.54) is 11.1 Å². The molecular weight excluding hydrogens is 242 g/mol. The lowest BCUT2D eigenvalue weighted by Crippen LogP contribution is -2.31. The molecule has 2 rings (SSSR count). The van der Waals surface area contributed by atoms with Crippen LogP contribution in [0.2, 0.25) is 0 Å². The summed E-state index contributed by atoms with van der Waals surface area (Å²) in [5, 5.41) is 8.43. The third kappa shape index (κ3) is 4.65. The second kappa shape index (κ2) is 7.26. The van der Waals surface area contributed by atoms with Gasteiger partial charge in [0, 0.05) is 19.7 Å². The molecule has 0 bridgehead atoms. The maximum atomic E-state index is 10.3. The van der Waals surface area contributed by atoms with Gasteiger partial charge >= 0.3 is 5.97 Å². The van der Waals surface area contributed by atoms with Crippen molar-refractivity contribution < 1.29 is 14.6 Å². The van der Waals surface area contributed by atoms with Crippen molar-refractivity contribution in [3.63, 3.8) is 0 Å². The van der Waals surface area contributed by atoms with E-state index in [0.717, 1.165) is 38.9 Å². The molecule has 0 saturated heterocycles. The lowest BCUT2D eigenvalue weighted by atomic mass is 10.00. The van der Waals surface area contributed by atoms with Crippen LogP contribution in [-0.4, -0.2) is 42.3 Å². The zero-order valence-corrected chi connectivity index (χ0v) is 11.2. The van der Waals surface area contributed by atoms with Gasteiger partial charge in [-0.25, -0.2) is 4.79 Å². The van der Waals surface area contributed by atoms with Crippen molar-refractivity contribution in [2.45, 2.75) is 25.8 Å². The van der Waals surface area contributed by atoms with E-state index < -0.39 is 5.97 Å². The number of benzene rings is 1. The number of ether oxygens (including phenoxy) is 1. The molecule has 0 amide bonds. The van der Waals surface area contributed by atoms with Crippen LogP contribution in [-0.2, 0) is 22.5 Å². The van der Waals surface area contributed by atoms with Gasteiger partial charge in [-0.1, -0.05) is 24.3 Å². The molecule has 0 saturated carbocycles. The summed E-state index contributed by atoms with van der Waals surface area (Å²) >= 11 is 0. The van der Waals surface area contributed by atoms with Crippen LogP contribution < -0.4 is 0 Å². The van der Waals surface area contributed by atoms with Crippen LogP contribution in [0.3, 0.4) is 0 Å². The second-order valence-corrected chi connectivity index (χ2v) is 4.95. The average molecular weight is 263 g/mol. The first-order valence-electron chi connectivity index (χ1n) is 6.84. The van der Waals surface area contributed by atoms with Crippen molar-refractivity contribution >= 4 is 5.97 Å². The first-order valence-corrected chi connectivity index (χ1v) is 6.84. The molecule has 0 fully saturated rings. The molecule has 104 valence electrons.